The monoisotopic (exact) mass is 345 g/mol. The summed E-state index contributed by atoms with van der Waals surface area (Å²) in [6.07, 6.45) is 0.723. The van der Waals surface area contributed by atoms with Gasteiger partial charge in [-0.05, 0) is 48.9 Å². The number of phenols is 1. The highest BCUT2D eigenvalue weighted by atomic mass is 16.5. The molecule has 0 aliphatic carbocycles. The first-order chi connectivity index (χ1) is 12.0. The Balaban J connectivity index is 1.77. The fraction of sp³-hybridized carbons (Fsp3) is 0.222. The Bertz CT molecular complexity index is 742. The number of carbonyl (C=O) groups is 2. The van der Waals surface area contributed by atoms with Crippen LogP contribution in [0, 0.1) is 0 Å². The molecule has 0 aliphatic rings. The van der Waals surface area contributed by atoms with Crippen molar-refractivity contribution in [3.8, 4) is 17.2 Å². The molecule has 0 heterocycles. The highest BCUT2D eigenvalue weighted by molar-refractivity contribution is 5.95. The number of aromatic carboxylic acids is 1. The molecule has 2 aromatic carbocycles. The maximum atomic E-state index is 11.9. The van der Waals surface area contributed by atoms with E-state index >= 15 is 0 Å². The minimum Gasteiger partial charge on any atom is -0.507 e. The summed E-state index contributed by atoms with van der Waals surface area (Å²) in [5.41, 5.74) is 0.0527. The van der Waals surface area contributed by atoms with Crippen LogP contribution in [0.3, 0.4) is 0 Å². The smallest absolute Gasteiger partial charge is 0.339 e. The fourth-order valence-electron chi connectivity index (χ4n) is 2.10. The van der Waals surface area contributed by atoms with E-state index in [9.17, 15) is 14.7 Å². The number of amides is 1. The maximum absolute atomic E-state index is 11.9. The summed E-state index contributed by atoms with van der Waals surface area (Å²) in [5, 5.41) is 21.0. The van der Waals surface area contributed by atoms with Crippen LogP contribution >= 0.6 is 0 Å². The third kappa shape index (κ3) is 5.42. The normalized spacial score (nSPS) is 10.1. The van der Waals surface area contributed by atoms with Crippen molar-refractivity contribution in [2.24, 2.45) is 0 Å². The van der Waals surface area contributed by atoms with Crippen molar-refractivity contribution < 1.29 is 29.3 Å². The second kappa shape index (κ2) is 8.58. The molecule has 0 aliphatic heterocycles. The lowest BCUT2D eigenvalue weighted by Gasteiger charge is -2.08. The third-order valence-electron chi connectivity index (χ3n) is 3.39. The highest BCUT2D eigenvalue weighted by Gasteiger charge is 2.11. The molecule has 0 unspecified atom stereocenters. The Morgan fingerprint density at radius 3 is 2.40 bits per heavy atom. The van der Waals surface area contributed by atoms with Gasteiger partial charge in [-0.1, -0.05) is 0 Å². The van der Waals surface area contributed by atoms with Gasteiger partial charge in [0.1, 0.15) is 22.8 Å². The molecule has 0 saturated heterocycles. The van der Waals surface area contributed by atoms with Crippen LogP contribution in [0.2, 0.25) is 0 Å². The molecule has 25 heavy (non-hydrogen) atoms. The van der Waals surface area contributed by atoms with Crippen LogP contribution in [-0.2, 0) is 4.79 Å². The first-order valence-corrected chi connectivity index (χ1v) is 7.62. The first-order valence-electron chi connectivity index (χ1n) is 7.62. The number of hydrogen-bond donors (Lipinski definition) is 3. The van der Waals surface area contributed by atoms with Crippen molar-refractivity contribution in [3.05, 3.63) is 48.0 Å². The zero-order valence-corrected chi connectivity index (χ0v) is 13.7. The van der Waals surface area contributed by atoms with E-state index in [0.29, 0.717) is 24.5 Å². The number of carbonyl (C=O) groups excluding carboxylic acids is 1. The van der Waals surface area contributed by atoms with Crippen molar-refractivity contribution in [3.63, 3.8) is 0 Å². The van der Waals surface area contributed by atoms with E-state index in [0.717, 1.165) is 5.75 Å². The van der Waals surface area contributed by atoms with Crippen molar-refractivity contribution in [2.75, 3.05) is 19.0 Å². The van der Waals surface area contributed by atoms with Gasteiger partial charge in [0.05, 0.1) is 13.7 Å². The van der Waals surface area contributed by atoms with E-state index in [1.165, 1.54) is 18.2 Å². The lowest BCUT2D eigenvalue weighted by atomic mass is 10.1. The summed E-state index contributed by atoms with van der Waals surface area (Å²) in [7, 11) is 1.59. The summed E-state index contributed by atoms with van der Waals surface area (Å²) in [6, 6.07) is 11.0. The van der Waals surface area contributed by atoms with Gasteiger partial charge < -0.3 is 25.0 Å². The van der Waals surface area contributed by atoms with Crippen molar-refractivity contribution in [2.45, 2.75) is 12.8 Å². The minimum atomic E-state index is -1.26. The van der Waals surface area contributed by atoms with Gasteiger partial charge in [0.15, 0.2) is 0 Å². The average Bonchev–Trinajstić information content (AvgIpc) is 2.60. The molecule has 7 nitrogen and oxygen atoms in total. The molecule has 0 saturated carbocycles. The fourth-order valence-corrected chi connectivity index (χ4v) is 2.10. The number of benzene rings is 2. The standard InChI is InChI=1S/C18H19NO6/c1-24-13-5-7-14(8-6-13)25-10-2-3-17(21)19-12-4-9-16(20)15(11-12)18(22)23/h4-9,11,20H,2-3,10H2,1H3,(H,19,21)(H,22,23). The van der Waals surface area contributed by atoms with Gasteiger partial charge in [0.25, 0.3) is 0 Å². The number of nitrogens with one attached hydrogen (secondary N) is 1. The maximum Gasteiger partial charge on any atom is 0.339 e. The lowest BCUT2D eigenvalue weighted by Crippen LogP contribution is -2.13. The van der Waals surface area contributed by atoms with Gasteiger partial charge in [0, 0.05) is 12.1 Å². The Hall–Kier alpha value is -3.22. The number of ether oxygens (including phenoxy) is 2. The van der Waals surface area contributed by atoms with Crippen LogP contribution in [0.5, 0.6) is 17.2 Å². The molecule has 0 spiro atoms. The molecule has 3 N–H and O–H groups in total. The largest absolute Gasteiger partial charge is 0.507 e. The summed E-state index contributed by atoms with van der Waals surface area (Å²) < 4.78 is 10.6. The molecule has 2 rings (SSSR count). The zero-order chi connectivity index (χ0) is 18.2. The topological polar surface area (TPSA) is 105 Å². The number of hydrogen-bond acceptors (Lipinski definition) is 5. The van der Waals surface area contributed by atoms with Crippen molar-refractivity contribution >= 4 is 17.6 Å². The molecule has 2 aromatic rings. The summed E-state index contributed by atoms with van der Waals surface area (Å²) in [4.78, 5) is 22.8. The second-order valence-electron chi connectivity index (χ2n) is 5.21. The molecular weight excluding hydrogens is 326 g/mol. The SMILES string of the molecule is COc1ccc(OCCCC(=O)Nc2ccc(O)c(C(=O)O)c2)cc1. The molecule has 0 fully saturated rings. The van der Waals surface area contributed by atoms with Gasteiger partial charge in [-0.2, -0.15) is 0 Å². The molecular formula is C18H19NO6. The van der Waals surface area contributed by atoms with Crippen LogP contribution in [0.25, 0.3) is 0 Å². The van der Waals surface area contributed by atoms with E-state index in [-0.39, 0.29) is 23.6 Å². The van der Waals surface area contributed by atoms with E-state index < -0.39 is 5.97 Å². The number of carboxylic acids is 1. The number of rotatable bonds is 8. The summed E-state index contributed by atoms with van der Waals surface area (Å²) >= 11 is 0. The second-order valence-corrected chi connectivity index (χ2v) is 5.21. The molecule has 132 valence electrons. The number of aromatic hydroxyl groups is 1. The van der Waals surface area contributed by atoms with Gasteiger partial charge in [-0.3, -0.25) is 4.79 Å². The van der Waals surface area contributed by atoms with E-state index in [1.807, 2.05) is 0 Å². The van der Waals surface area contributed by atoms with Crippen molar-refractivity contribution in [1.29, 1.82) is 0 Å². The van der Waals surface area contributed by atoms with Gasteiger partial charge in [-0.15, -0.1) is 0 Å². The number of anilines is 1. The van der Waals surface area contributed by atoms with Gasteiger partial charge in [-0.25, -0.2) is 4.79 Å². The molecule has 0 radical (unpaired) electrons. The Labute approximate surface area is 144 Å². The van der Waals surface area contributed by atoms with Crippen molar-refractivity contribution in [1.82, 2.24) is 0 Å². The lowest BCUT2D eigenvalue weighted by molar-refractivity contribution is -0.116. The van der Waals surface area contributed by atoms with Crippen LogP contribution in [0.1, 0.15) is 23.2 Å². The molecule has 0 atom stereocenters. The van der Waals surface area contributed by atoms with Crippen LogP contribution in [0.15, 0.2) is 42.5 Å². The average molecular weight is 345 g/mol. The Kier molecular flexibility index (Phi) is 6.22. The quantitative estimate of drug-likeness (QED) is 0.502. The van der Waals surface area contributed by atoms with E-state index in [1.54, 1.807) is 31.4 Å². The summed E-state index contributed by atoms with van der Waals surface area (Å²) in [5.74, 6) is -0.451. The van der Waals surface area contributed by atoms with E-state index in [2.05, 4.69) is 5.32 Å². The first kappa shape index (κ1) is 18.1. The van der Waals surface area contributed by atoms with Crippen LogP contribution in [0.4, 0.5) is 5.69 Å². The zero-order valence-electron chi connectivity index (χ0n) is 13.7. The molecule has 0 aromatic heterocycles. The minimum absolute atomic E-state index is 0.222. The molecule has 0 bridgehead atoms. The van der Waals surface area contributed by atoms with Gasteiger partial charge in [0.2, 0.25) is 5.91 Å². The highest BCUT2D eigenvalue weighted by Crippen LogP contribution is 2.21. The molecule has 1 amide bonds. The Morgan fingerprint density at radius 1 is 1.08 bits per heavy atom. The third-order valence-corrected chi connectivity index (χ3v) is 3.39. The van der Waals surface area contributed by atoms with Gasteiger partial charge >= 0.3 is 5.97 Å². The number of carboxylic acid groups (broad SMARTS) is 1. The predicted molar refractivity (Wildman–Crippen MR) is 91.4 cm³/mol. The number of methoxy groups -OCH3 is 1. The predicted octanol–water partition coefficient (Wildman–Crippen LogP) is 2.90. The van der Waals surface area contributed by atoms with Crippen LogP contribution in [-0.4, -0.2) is 35.8 Å². The van der Waals surface area contributed by atoms with Crippen LogP contribution < -0.4 is 14.8 Å². The van der Waals surface area contributed by atoms with E-state index in [4.69, 9.17) is 14.6 Å². The summed E-state index contributed by atoms with van der Waals surface area (Å²) in [6.45, 7) is 0.371. The molecule has 7 heteroatoms. The Morgan fingerprint density at radius 2 is 1.76 bits per heavy atom.